The SMILES string of the molecule is COc1c(C(=O)Nc2cnoc2)nc(-c2nc3cc(NC(C)=O)ccc3n2C2CCC2)n(C)c1=O. The molecule has 0 unspecified atom stereocenters. The Labute approximate surface area is 198 Å². The van der Waals surface area contributed by atoms with E-state index in [9.17, 15) is 14.4 Å². The van der Waals surface area contributed by atoms with Gasteiger partial charge in [0.1, 0.15) is 12.0 Å². The first-order valence-electron chi connectivity index (χ1n) is 11.0. The van der Waals surface area contributed by atoms with Crippen LogP contribution in [0, 0.1) is 0 Å². The van der Waals surface area contributed by atoms with Crippen LogP contribution in [0.4, 0.5) is 11.4 Å². The van der Waals surface area contributed by atoms with Gasteiger partial charge in [0.2, 0.25) is 11.7 Å². The number of aromatic nitrogens is 5. The number of hydrogen-bond donors (Lipinski definition) is 2. The predicted molar refractivity (Wildman–Crippen MR) is 126 cm³/mol. The third-order valence-corrected chi connectivity index (χ3v) is 6.01. The Kier molecular flexibility index (Phi) is 5.55. The molecular weight excluding hydrogens is 454 g/mol. The molecule has 0 atom stereocenters. The molecule has 0 saturated heterocycles. The Bertz CT molecular complexity index is 1500. The summed E-state index contributed by atoms with van der Waals surface area (Å²) in [5, 5.41) is 8.92. The molecule has 1 aliphatic rings. The van der Waals surface area contributed by atoms with E-state index < -0.39 is 11.5 Å². The summed E-state index contributed by atoms with van der Waals surface area (Å²) < 4.78 is 13.4. The van der Waals surface area contributed by atoms with E-state index in [1.165, 1.54) is 31.1 Å². The molecule has 12 nitrogen and oxygen atoms in total. The van der Waals surface area contributed by atoms with Gasteiger partial charge in [0.05, 0.1) is 24.3 Å². The van der Waals surface area contributed by atoms with Crippen LogP contribution in [-0.2, 0) is 11.8 Å². The second-order valence-electron chi connectivity index (χ2n) is 8.32. The number of hydrogen-bond acceptors (Lipinski definition) is 8. The zero-order valence-corrected chi connectivity index (χ0v) is 19.4. The van der Waals surface area contributed by atoms with Crippen molar-refractivity contribution < 1.29 is 18.8 Å². The quantitative estimate of drug-likeness (QED) is 0.431. The average Bonchev–Trinajstić information content (AvgIpc) is 3.42. The molecule has 2 amide bonds. The van der Waals surface area contributed by atoms with Gasteiger partial charge >= 0.3 is 0 Å². The lowest BCUT2D eigenvalue weighted by molar-refractivity contribution is -0.114. The number of amides is 2. The van der Waals surface area contributed by atoms with Gasteiger partial charge < -0.3 is 24.5 Å². The lowest BCUT2D eigenvalue weighted by Gasteiger charge is -2.29. The minimum atomic E-state index is -0.650. The zero-order valence-electron chi connectivity index (χ0n) is 19.4. The molecule has 1 fully saturated rings. The van der Waals surface area contributed by atoms with Crippen molar-refractivity contribution in [2.75, 3.05) is 17.7 Å². The molecule has 35 heavy (non-hydrogen) atoms. The minimum absolute atomic E-state index is 0.176. The number of anilines is 2. The fourth-order valence-electron chi connectivity index (χ4n) is 4.13. The van der Waals surface area contributed by atoms with Crippen LogP contribution in [0.15, 0.2) is 40.0 Å². The molecular formula is C23H23N7O5. The van der Waals surface area contributed by atoms with Crippen LogP contribution in [0.5, 0.6) is 5.75 Å². The lowest BCUT2D eigenvalue weighted by Crippen LogP contribution is -2.28. The van der Waals surface area contributed by atoms with Crippen LogP contribution in [0.1, 0.15) is 42.7 Å². The maximum Gasteiger partial charge on any atom is 0.296 e. The van der Waals surface area contributed by atoms with Gasteiger partial charge in [-0.3, -0.25) is 19.0 Å². The molecule has 0 aliphatic heterocycles. The summed E-state index contributed by atoms with van der Waals surface area (Å²) >= 11 is 0. The first-order chi connectivity index (χ1) is 16.9. The zero-order chi connectivity index (χ0) is 24.7. The van der Waals surface area contributed by atoms with Gasteiger partial charge in [-0.25, -0.2) is 9.97 Å². The van der Waals surface area contributed by atoms with E-state index in [-0.39, 0.29) is 29.2 Å². The summed E-state index contributed by atoms with van der Waals surface area (Å²) in [5.41, 5.74) is 1.70. The molecule has 4 aromatic rings. The molecule has 3 heterocycles. The van der Waals surface area contributed by atoms with Crippen molar-refractivity contribution in [3.8, 4) is 17.4 Å². The number of imidazole rings is 1. The summed E-state index contributed by atoms with van der Waals surface area (Å²) in [6, 6.07) is 5.64. The second-order valence-corrected chi connectivity index (χ2v) is 8.32. The van der Waals surface area contributed by atoms with E-state index >= 15 is 0 Å². The number of ether oxygens (including phenoxy) is 1. The molecule has 0 radical (unpaired) electrons. The van der Waals surface area contributed by atoms with E-state index in [2.05, 4.69) is 20.8 Å². The summed E-state index contributed by atoms with van der Waals surface area (Å²) in [5.74, 6) is -0.361. The Hall–Kier alpha value is -4.48. The van der Waals surface area contributed by atoms with Crippen LogP contribution >= 0.6 is 0 Å². The van der Waals surface area contributed by atoms with E-state index in [1.54, 1.807) is 13.1 Å². The van der Waals surface area contributed by atoms with Gasteiger partial charge in [0, 0.05) is 25.7 Å². The highest BCUT2D eigenvalue weighted by molar-refractivity contribution is 6.04. The number of carbonyl (C=O) groups is 2. The number of benzene rings is 1. The molecule has 0 spiro atoms. The molecule has 5 rings (SSSR count). The van der Waals surface area contributed by atoms with Gasteiger partial charge in [0.25, 0.3) is 11.5 Å². The second kappa shape index (κ2) is 8.70. The standard InChI is InChI=1S/C23H23N7O5/c1-12(31)25-13-7-8-17-16(9-13)27-21(30(17)15-5-4-6-15)20-28-18(19(34-3)23(33)29(20)2)22(32)26-14-10-24-35-11-14/h7-11,15H,4-6H2,1-3H3,(H,25,31)(H,26,32). The molecule has 12 heteroatoms. The first kappa shape index (κ1) is 22.3. The smallest absolute Gasteiger partial charge is 0.296 e. The Morgan fingerprint density at radius 2 is 1.94 bits per heavy atom. The summed E-state index contributed by atoms with van der Waals surface area (Å²) in [6.07, 6.45) is 5.58. The lowest BCUT2D eigenvalue weighted by atomic mass is 9.92. The average molecular weight is 477 g/mol. The fraction of sp³-hybridized carbons (Fsp3) is 0.304. The Morgan fingerprint density at radius 3 is 2.57 bits per heavy atom. The number of nitrogens with one attached hydrogen (secondary N) is 2. The summed E-state index contributed by atoms with van der Waals surface area (Å²) in [7, 11) is 2.86. The van der Waals surface area contributed by atoms with Crippen molar-refractivity contribution in [3.63, 3.8) is 0 Å². The molecule has 0 bridgehead atoms. The van der Waals surface area contributed by atoms with Gasteiger partial charge in [-0.05, 0) is 37.5 Å². The highest BCUT2D eigenvalue weighted by atomic mass is 16.5. The number of nitrogens with zero attached hydrogens (tertiary/aromatic N) is 5. The molecule has 1 aliphatic carbocycles. The van der Waals surface area contributed by atoms with Gasteiger partial charge in [-0.1, -0.05) is 5.16 Å². The third-order valence-electron chi connectivity index (χ3n) is 6.01. The molecule has 180 valence electrons. The molecule has 2 N–H and O–H groups in total. The van der Waals surface area contributed by atoms with Crippen LogP contribution in [-0.4, -0.2) is 43.2 Å². The highest BCUT2D eigenvalue weighted by Gasteiger charge is 2.29. The normalized spacial score (nSPS) is 13.5. The van der Waals surface area contributed by atoms with E-state index in [1.807, 2.05) is 16.7 Å². The van der Waals surface area contributed by atoms with E-state index in [0.717, 1.165) is 24.8 Å². The van der Waals surface area contributed by atoms with Crippen molar-refractivity contribution >= 4 is 34.2 Å². The van der Waals surface area contributed by atoms with Crippen molar-refractivity contribution in [2.45, 2.75) is 32.2 Å². The van der Waals surface area contributed by atoms with Crippen LogP contribution < -0.4 is 20.9 Å². The highest BCUT2D eigenvalue weighted by Crippen LogP contribution is 2.38. The third kappa shape index (κ3) is 3.92. The monoisotopic (exact) mass is 477 g/mol. The van der Waals surface area contributed by atoms with Crippen LogP contribution in [0.2, 0.25) is 0 Å². The number of carbonyl (C=O) groups excluding carboxylic acids is 2. The van der Waals surface area contributed by atoms with Gasteiger partial charge in [-0.15, -0.1) is 0 Å². The minimum Gasteiger partial charge on any atom is -0.489 e. The number of rotatable bonds is 6. The van der Waals surface area contributed by atoms with Crippen LogP contribution in [0.3, 0.4) is 0 Å². The Morgan fingerprint density at radius 1 is 1.14 bits per heavy atom. The van der Waals surface area contributed by atoms with E-state index in [4.69, 9.17) is 14.2 Å². The van der Waals surface area contributed by atoms with Crippen LogP contribution in [0.25, 0.3) is 22.7 Å². The largest absolute Gasteiger partial charge is 0.489 e. The van der Waals surface area contributed by atoms with Crippen molar-refractivity contribution in [1.29, 1.82) is 0 Å². The predicted octanol–water partition coefficient (Wildman–Crippen LogP) is 2.73. The topological polar surface area (TPSA) is 146 Å². The van der Waals surface area contributed by atoms with Crippen molar-refractivity contribution in [2.24, 2.45) is 7.05 Å². The maximum atomic E-state index is 13.2. The maximum absolute atomic E-state index is 13.2. The first-order valence-corrected chi connectivity index (χ1v) is 11.0. The fourth-order valence-corrected chi connectivity index (χ4v) is 4.13. The van der Waals surface area contributed by atoms with Gasteiger partial charge in [-0.2, -0.15) is 0 Å². The van der Waals surface area contributed by atoms with Gasteiger partial charge in [0.15, 0.2) is 17.3 Å². The van der Waals surface area contributed by atoms with Crippen molar-refractivity contribution in [1.82, 2.24) is 24.3 Å². The molecule has 1 saturated carbocycles. The van der Waals surface area contributed by atoms with E-state index in [0.29, 0.717) is 22.7 Å². The molecule has 3 aromatic heterocycles. The van der Waals surface area contributed by atoms with Crippen molar-refractivity contribution in [3.05, 3.63) is 46.7 Å². The number of fused-ring (bicyclic) bond motifs is 1. The summed E-state index contributed by atoms with van der Waals surface area (Å²) in [6.45, 7) is 1.44. The summed E-state index contributed by atoms with van der Waals surface area (Å²) in [4.78, 5) is 47.0. The molecule has 1 aromatic carbocycles. The number of methoxy groups -OCH3 is 1. The Balaban J connectivity index is 1.69.